The molecule has 21 heavy (non-hydrogen) atoms. The first-order valence-electron chi connectivity index (χ1n) is 7.07. The van der Waals surface area contributed by atoms with E-state index in [1.165, 1.54) is 46.6 Å². The van der Waals surface area contributed by atoms with Gasteiger partial charge in [0.25, 0.3) is 0 Å². The molecule has 2 aromatic heterocycles. The van der Waals surface area contributed by atoms with Crippen molar-refractivity contribution < 1.29 is 21.1 Å². The molecule has 1 aromatic carbocycles. The average Bonchev–Trinajstić information content (AvgIpc) is 2.81. The van der Waals surface area contributed by atoms with Crippen molar-refractivity contribution in [2.45, 2.75) is 53.9 Å². The molecule has 0 atom stereocenters. The van der Waals surface area contributed by atoms with Crippen molar-refractivity contribution in [1.29, 1.82) is 0 Å². The molecule has 3 heteroatoms. The summed E-state index contributed by atoms with van der Waals surface area (Å²) in [7, 11) is 0. The van der Waals surface area contributed by atoms with E-state index < -0.39 is 0 Å². The van der Waals surface area contributed by atoms with Crippen molar-refractivity contribution in [3.63, 3.8) is 0 Å². The van der Waals surface area contributed by atoms with E-state index in [9.17, 15) is 0 Å². The molecule has 0 saturated heterocycles. The smallest absolute Gasteiger partial charge is 0.00321 e. The van der Waals surface area contributed by atoms with Crippen LogP contribution in [-0.2, 0) is 26.5 Å². The molecular weight excluding hydrogens is 464 g/mol. The van der Waals surface area contributed by atoms with Gasteiger partial charge < -0.3 is 0 Å². The van der Waals surface area contributed by atoms with E-state index >= 15 is 0 Å². The molecular formula is C18H21S2W-. The maximum Gasteiger partial charge on any atom is 0.00321 e. The number of aryl methyl sites for hydroxylation is 4. The van der Waals surface area contributed by atoms with Gasteiger partial charge in [-0.1, -0.05) is 50.3 Å². The maximum absolute atomic E-state index is 3.70. The molecule has 0 aliphatic rings. The van der Waals surface area contributed by atoms with Gasteiger partial charge >= 0.3 is 0 Å². The van der Waals surface area contributed by atoms with E-state index in [4.69, 9.17) is 0 Å². The van der Waals surface area contributed by atoms with Gasteiger partial charge in [0.05, 0.1) is 0 Å². The first-order chi connectivity index (χ1) is 9.21. The van der Waals surface area contributed by atoms with Crippen molar-refractivity contribution in [2.24, 2.45) is 0 Å². The first-order valence-corrected chi connectivity index (χ1v) is 8.70. The molecule has 112 valence electrons. The second-order valence-corrected chi connectivity index (χ2v) is 8.99. The minimum absolute atomic E-state index is 0. The topological polar surface area (TPSA) is 0 Å². The van der Waals surface area contributed by atoms with E-state index in [-0.39, 0.29) is 26.5 Å². The molecule has 0 amide bonds. The Hall–Kier alpha value is -0.172. The van der Waals surface area contributed by atoms with Crippen LogP contribution in [0.5, 0.6) is 0 Å². The Labute approximate surface area is 149 Å². The Morgan fingerprint density at radius 3 is 2.05 bits per heavy atom. The van der Waals surface area contributed by atoms with Crippen molar-refractivity contribution in [2.75, 3.05) is 0 Å². The van der Waals surface area contributed by atoms with Crippen molar-refractivity contribution >= 4 is 42.8 Å². The van der Waals surface area contributed by atoms with E-state index in [0.29, 0.717) is 0 Å². The van der Waals surface area contributed by atoms with Crippen LogP contribution in [0.3, 0.4) is 0 Å². The quantitative estimate of drug-likeness (QED) is 0.322. The molecule has 0 radical (unpaired) electrons. The van der Waals surface area contributed by atoms with Gasteiger partial charge in [-0.15, -0.1) is 22.6 Å². The van der Waals surface area contributed by atoms with Crippen molar-refractivity contribution in [1.82, 2.24) is 0 Å². The first kappa shape index (κ1) is 17.2. The van der Waals surface area contributed by atoms with Crippen LogP contribution in [0, 0.1) is 33.8 Å². The van der Waals surface area contributed by atoms with Crippen LogP contribution >= 0.6 is 22.7 Å². The Kier molecular flexibility index (Phi) is 4.48. The number of hydrogen-bond donors (Lipinski definition) is 0. The zero-order chi connectivity index (χ0) is 14.8. The van der Waals surface area contributed by atoms with Gasteiger partial charge in [-0.25, -0.2) is 11.3 Å². The molecule has 3 rings (SSSR count). The third-order valence-corrected chi connectivity index (χ3v) is 7.13. The molecule has 0 aliphatic carbocycles. The van der Waals surface area contributed by atoms with Crippen LogP contribution in [0.25, 0.3) is 20.2 Å². The summed E-state index contributed by atoms with van der Waals surface area (Å²) in [5, 5.41) is 2.77. The van der Waals surface area contributed by atoms with Gasteiger partial charge in [-0.3, -0.25) is 0 Å². The molecule has 0 nitrogen and oxygen atoms in total. The fraction of sp³-hybridized carbons (Fsp3) is 0.444. The van der Waals surface area contributed by atoms with Gasteiger partial charge in [0, 0.05) is 25.9 Å². The average molecular weight is 485 g/mol. The normalized spacial score (nSPS) is 12.1. The zero-order valence-electron chi connectivity index (χ0n) is 13.7. The molecule has 0 N–H and O–H groups in total. The minimum atomic E-state index is 0. The summed E-state index contributed by atoms with van der Waals surface area (Å²) >= 11 is 3.85. The summed E-state index contributed by atoms with van der Waals surface area (Å²) in [5.41, 5.74) is 4.52. The largest absolute Gasteiger partial charge is 0.203 e. The van der Waals surface area contributed by atoms with Gasteiger partial charge in [0.15, 0.2) is 0 Å². The number of hydrogen-bond acceptors (Lipinski definition) is 2. The summed E-state index contributed by atoms with van der Waals surface area (Å²) in [6, 6.07) is 3.70. The Morgan fingerprint density at radius 2 is 1.48 bits per heavy atom. The SMILES string of the molecule is Cc1sc2c(C)c3c(C)c(C(C)(C)C)sc3[c-]c2c1C.[W]. The monoisotopic (exact) mass is 485 g/mol. The standard InChI is InChI=1S/C18H21S2.W/c1-9-12(4)19-16-10(2)15-11(3)17(18(5,6)7)20-14(15)8-13(9)16;/h1-7H3;/q-1;. The second-order valence-electron chi connectivity index (χ2n) is 6.75. The molecule has 0 unspecified atom stereocenters. The van der Waals surface area contributed by atoms with E-state index in [0.717, 1.165) is 0 Å². The Balaban J connectivity index is 0.00000161. The minimum Gasteiger partial charge on any atom is -0.203 e. The Morgan fingerprint density at radius 1 is 0.857 bits per heavy atom. The molecule has 0 spiro atoms. The summed E-state index contributed by atoms with van der Waals surface area (Å²) in [5.74, 6) is 0. The molecule has 2 heterocycles. The molecule has 3 aromatic rings. The van der Waals surface area contributed by atoms with Crippen LogP contribution in [-0.4, -0.2) is 0 Å². The summed E-state index contributed by atoms with van der Waals surface area (Å²) in [4.78, 5) is 2.92. The van der Waals surface area contributed by atoms with E-state index in [1.54, 1.807) is 0 Å². The second kappa shape index (κ2) is 5.48. The summed E-state index contributed by atoms with van der Waals surface area (Å²) in [6.45, 7) is 15.9. The third kappa shape index (κ3) is 2.54. The van der Waals surface area contributed by atoms with Crippen LogP contribution < -0.4 is 0 Å². The van der Waals surface area contributed by atoms with Gasteiger partial charge in [-0.05, 0) is 28.8 Å². The fourth-order valence-corrected chi connectivity index (χ4v) is 5.49. The van der Waals surface area contributed by atoms with E-state index in [2.05, 4.69) is 54.5 Å². The molecule has 0 fully saturated rings. The molecule has 0 saturated carbocycles. The van der Waals surface area contributed by atoms with Crippen molar-refractivity contribution in [3.8, 4) is 0 Å². The van der Waals surface area contributed by atoms with Crippen molar-refractivity contribution in [3.05, 3.63) is 32.5 Å². The van der Waals surface area contributed by atoms with Crippen LogP contribution in [0.2, 0.25) is 0 Å². The zero-order valence-corrected chi connectivity index (χ0v) is 18.3. The number of fused-ring (bicyclic) bond motifs is 2. The number of benzene rings is 1. The van der Waals surface area contributed by atoms with Gasteiger partial charge in [0.1, 0.15) is 0 Å². The number of rotatable bonds is 0. The molecule has 0 aliphatic heterocycles. The maximum atomic E-state index is 3.70. The third-order valence-electron chi connectivity index (χ3n) is 4.17. The van der Waals surface area contributed by atoms with E-state index in [1.807, 2.05) is 22.7 Å². The number of thiophene rings is 2. The molecule has 0 bridgehead atoms. The predicted octanol–water partition coefficient (Wildman–Crippen LogP) is 6.44. The summed E-state index contributed by atoms with van der Waals surface area (Å²) in [6.07, 6.45) is 0. The fourth-order valence-electron chi connectivity index (χ4n) is 3.04. The Bertz CT molecular complexity index is 829. The predicted molar refractivity (Wildman–Crippen MR) is 93.7 cm³/mol. The van der Waals surface area contributed by atoms with Crippen LogP contribution in [0.4, 0.5) is 0 Å². The van der Waals surface area contributed by atoms with Crippen LogP contribution in [0.15, 0.2) is 0 Å². The van der Waals surface area contributed by atoms with Crippen LogP contribution in [0.1, 0.15) is 47.2 Å². The van der Waals surface area contributed by atoms with Gasteiger partial charge in [-0.2, -0.15) is 11.3 Å². The summed E-state index contributed by atoms with van der Waals surface area (Å²) < 4.78 is 2.76. The van der Waals surface area contributed by atoms with Gasteiger partial charge in [0.2, 0.25) is 0 Å².